The summed E-state index contributed by atoms with van der Waals surface area (Å²) >= 11 is 3.75. The third-order valence-corrected chi connectivity index (χ3v) is 6.18. The van der Waals surface area contributed by atoms with Crippen molar-refractivity contribution in [2.24, 2.45) is 0 Å². The molecule has 0 unspecified atom stereocenters. The zero-order valence-corrected chi connectivity index (χ0v) is 13.8. The summed E-state index contributed by atoms with van der Waals surface area (Å²) in [6, 6.07) is 4.28. The van der Waals surface area contributed by atoms with Crippen LogP contribution >= 0.6 is 23.1 Å². The van der Waals surface area contributed by atoms with Crippen molar-refractivity contribution in [3.8, 4) is 0 Å². The molecule has 6 heteroatoms. The van der Waals surface area contributed by atoms with Crippen molar-refractivity contribution < 1.29 is 9.32 Å². The summed E-state index contributed by atoms with van der Waals surface area (Å²) in [6.45, 7) is 5.20. The number of aryl methyl sites for hydroxylation is 2. The lowest BCUT2D eigenvalue weighted by atomic mass is 10.1. The van der Waals surface area contributed by atoms with Gasteiger partial charge in [-0.2, -0.15) is 11.8 Å². The zero-order valence-electron chi connectivity index (χ0n) is 12.2. The fourth-order valence-corrected chi connectivity index (χ4v) is 4.86. The highest BCUT2D eigenvalue weighted by molar-refractivity contribution is 7.99. The number of nitrogens with zero attached hydrogens (tertiary/aromatic N) is 2. The van der Waals surface area contributed by atoms with E-state index in [0.29, 0.717) is 22.3 Å². The first kappa shape index (κ1) is 14.7. The molecular formula is C15H18N2O2S2. The van der Waals surface area contributed by atoms with Gasteiger partial charge < -0.3 is 9.42 Å². The Kier molecular flexibility index (Phi) is 4.35. The van der Waals surface area contributed by atoms with Gasteiger partial charge in [0.25, 0.3) is 5.91 Å². The van der Waals surface area contributed by atoms with E-state index in [0.717, 1.165) is 25.3 Å². The second-order valence-corrected chi connectivity index (χ2v) is 7.44. The van der Waals surface area contributed by atoms with Gasteiger partial charge in [0.05, 0.1) is 5.69 Å². The van der Waals surface area contributed by atoms with Crippen LogP contribution in [0.15, 0.2) is 22.0 Å². The van der Waals surface area contributed by atoms with Gasteiger partial charge >= 0.3 is 0 Å². The first-order valence-corrected chi connectivity index (χ1v) is 8.97. The summed E-state index contributed by atoms with van der Waals surface area (Å²) in [5.41, 5.74) is 1.32. The number of amides is 1. The molecule has 1 atom stereocenters. The molecule has 3 rings (SSSR count). The average molecular weight is 322 g/mol. The van der Waals surface area contributed by atoms with Crippen molar-refractivity contribution in [3.63, 3.8) is 0 Å². The average Bonchev–Trinajstić information content (AvgIpc) is 3.03. The van der Waals surface area contributed by atoms with E-state index in [4.69, 9.17) is 4.52 Å². The molecule has 0 aromatic carbocycles. The Balaban J connectivity index is 1.72. The minimum Gasteiger partial charge on any atom is -0.361 e. The van der Waals surface area contributed by atoms with Gasteiger partial charge in [-0.3, -0.25) is 4.79 Å². The van der Waals surface area contributed by atoms with Crippen LogP contribution in [0.2, 0.25) is 0 Å². The SMILES string of the molecule is Cc1noc(C)c1C(=O)N1CCS[C@H](c2cccs2)CC1. The lowest BCUT2D eigenvalue weighted by molar-refractivity contribution is 0.0764. The monoisotopic (exact) mass is 322 g/mol. The molecule has 0 spiro atoms. The molecule has 0 radical (unpaired) electrons. The van der Waals surface area contributed by atoms with E-state index in [9.17, 15) is 4.79 Å². The number of thiophene rings is 1. The van der Waals surface area contributed by atoms with Crippen LogP contribution in [-0.2, 0) is 0 Å². The van der Waals surface area contributed by atoms with Crippen LogP contribution in [0, 0.1) is 13.8 Å². The lowest BCUT2D eigenvalue weighted by Crippen LogP contribution is -2.33. The van der Waals surface area contributed by atoms with Gasteiger partial charge in [-0.1, -0.05) is 11.2 Å². The van der Waals surface area contributed by atoms with E-state index in [1.807, 2.05) is 23.6 Å². The summed E-state index contributed by atoms with van der Waals surface area (Å²) < 4.78 is 5.12. The summed E-state index contributed by atoms with van der Waals surface area (Å²) in [4.78, 5) is 16.0. The van der Waals surface area contributed by atoms with E-state index >= 15 is 0 Å². The number of rotatable bonds is 2. The van der Waals surface area contributed by atoms with Gasteiger partial charge in [-0.05, 0) is 31.7 Å². The Labute approximate surface area is 132 Å². The quantitative estimate of drug-likeness (QED) is 0.846. The van der Waals surface area contributed by atoms with Crippen LogP contribution in [0.1, 0.15) is 38.4 Å². The molecule has 0 bridgehead atoms. The Morgan fingerprint density at radius 3 is 2.95 bits per heavy atom. The highest BCUT2D eigenvalue weighted by Crippen LogP contribution is 2.37. The van der Waals surface area contributed by atoms with Crippen molar-refractivity contribution in [2.45, 2.75) is 25.5 Å². The molecule has 3 heterocycles. The summed E-state index contributed by atoms with van der Waals surface area (Å²) in [5, 5.41) is 6.51. The largest absolute Gasteiger partial charge is 0.361 e. The van der Waals surface area contributed by atoms with Gasteiger partial charge in [-0.25, -0.2) is 0 Å². The van der Waals surface area contributed by atoms with Gasteiger partial charge in [0.15, 0.2) is 0 Å². The number of aromatic nitrogens is 1. The lowest BCUT2D eigenvalue weighted by Gasteiger charge is -2.20. The molecule has 1 saturated heterocycles. The molecule has 0 N–H and O–H groups in total. The molecule has 2 aromatic rings. The molecule has 1 fully saturated rings. The fourth-order valence-electron chi connectivity index (χ4n) is 2.62. The van der Waals surface area contributed by atoms with Crippen molar-refractivity contribution in [1.82, 2.24) is 10.1 Å². The van der Waals surface area contributed by atoms with E-state index in [1.165, 1.54) is 4.88 Å². The van der Waals surface area contributed by atoms with Crippen LogP contribution in [-0.4, -0.2) is 34.8 Å². The third-order valence-electron chi connectivity index (χ3n) is 3.74. The Bertz CT molecular complexity index is 602. The normalized spacial score (nSPS) is 19.5. The second kappa shape index (κ2) is 6.23. The highest BCUT2D eigenvalue weighted by atomic mass is 32.2. The molecule has 21 heavy (non-hydrogen) atoms. The smallest absolute Gasteiger partial charge is 0.259 e. The topological polar surface area (TPSA) is 46.3 Å². The molecule has 0 saturated carbocycles. The van der Waals surface area contributed by atoms with Crippen LogP contribution in [0.3, 0.4) is 0 Å². The van der Waals surface area contributed by atoms with Crippen molar-refractivity contribution in [1.29, 1.82) is 0 Å². The molecular weight excluding hydrogens is 304 g/mol. The molecule has 1 aliphatic heterocycles. The van der Waals surface area contributed by atoms with Gasteiger partial charge in [0.1, 0.15) is 11.3 Å². The molecule has 1 aliphatic rings. The first-order valence-electron chi connectivity index (χ1n) is 7.04. The molecule has 2 aromatic heterocycles. The third kappa shape index (κ3) is 3.01. The highest BCUT2D eigenvalue weighted by Gasteiger charge is 2.26. The van der Waals surface area contributed by atoms with Crippen molar-refractivity contribution in [3.05, 3.63) is 39.4 Å². The molecule has 112 valence electrons. The molecule has 1 amide bonds. The predicted octanol–water partition coefficient (Wildman–Crippen LogP) is 3.67. The second-order valence-electron chi connectivity index (χ2n) is 5.15. The minimum atomic E-state index is 0.0543. The first-order chi connectivity index (χ1) is 10.2. The number of carbonyl (C=O) groups excluding carboxylic acids is 1. The van der Waals surface area contributed by atoms with Gasteiger partial charge in [0, 0.05) is 29.0 Å². The molecule has 0 aliphatic carbocycles. The van der Waals surface area contributed by atoms with E-state index in [-0.39, 0.29) is 5.91 Å². The summed E-state index contributed by atoms with van der Waals surface area (Å²) in [7, 11) is 0. The maximum absolute atomic E-state index is 12.7. The Morgan fingerprint density at radius 2 is 2.29 bits per heavy atom. The van der Waals surface area contributed by atoms with Crippen LogP contribution < -0.4 is 0 Å². The fraction of sp³-hybridized carbons (Fsp3) is 0.467. The van der Waals surface area contributed by atoms with Crippen LogP contribution in [0.25, 0.3) is 0 Å². The van der Waals surface area contributed by atoms with E-state index < -0.39 is 0 Å². The Hall–Kier alpha value is -1.27. The standard InChI is InChI=1S/C15H18N2O2S2/c1-10-14(11(2)19-16-10)15(18)17-6-5-13(21-9-7-17)12-4-3-8-20-12/h3-4,8,13H,5-7,9H2,1-2H3/t13-/m0/s1. The Morgan fingerprint density at radius 1 is 1.43 bits per heavy atom. The van der Waals surface area contributed by atoms with Crippen LogP contribution in [0.5, 0.6) is 0 Å². The van der Waals surface area contributed by atoms with E-state index in [1.54, 1.807) is 18.3 Å². The number of thioether (sulfide) groups is 1. The predicted molar refractivity (Wildman–Crippen MR) is 86.0 cm³/mol. The summed E-state index contributed by atoms with van der Waals surface area (Å²) in [6.07, 6.45) is 1.00. The zero-order chi connectivity index (χ0) is 14.8. The number of hydrogen-bond acceptors (Lipinski definition) is 5. The maximum atomic E-state index is 12.7. The number of hydrogen-bond donors (Lipinski definition) is 0. The van der Waals surface area contributed by atoms with Crippen LogP contribution in [0.4, 0.5) is 0 Å². The van der Waals surface area contributed by atoms with Gasteiger partial charge in [-0.15, -0.1) is 11.3 Å². The van der Waals surface area contributed by atoms with Crippen molar-refractivity contribution >= 4 is 29.0 Å². The maximum Gasteiger partial charge on any atom is 0.259 e. The van der Waals surface area contributed by atoms with Gasteiger partial charge in [0.2, 0.25) is 0 Å². The summed E-state index contributed by atoms with van der Waals surface area (Å²) in [5.74, 6) is 1.64. The minimum absolute atomic E-state index is 0.0543. The molecule has 4 nitrogen and oxygen atoms in total. The van der Waals surface area contributed by atoms with Crippen molar-refractivity contribution in [2.75, 3.05) is 18.8 Å². The number of carbonyl (C=O) groups is 1. The van der Waals surface area contributed by atoms with E-state index in [2.05, 4.69) is 22.7 Å².